The van der Waals surface area contributed by atoms with Crippen LogP contribution in [0.15, 0.2) is 35.5 Å². The highest BCUT2D eigenvalue weighted by molar-refractivity contribution is 7.99. The minimum atomic E-state index is -0.0171. The maximum absolute atomic E-state index is 12.4. The summed E-state index contributed by atoms with van der Waals surface area (Å²) >= 11 is 2.95. The molecule has 3 heterocycles. The number of thiophene rings is 1. The number of rotatable bonds is 8. The van der Waals surface area contributed by atoms with Gasteiger partial charge in [-0.05, 0) is 36.8 Å². The summed E-state index contributed by atoms with van der Waals surface area (Å²) in [6.45, 7) is 6.98. The van der Waals surface area contributed by atoms with Gasteiger partial charge in [0.1, 0.15) is 10.6 Å². The summed E-state index contributed by atoms with van der Waals surface area (Å²) < 4.78 is 5.99. The van der Waals surface area contributed by atoms with Gasteiger partial charge in [0.2, 0.25) is 5.91 Å². The number of aromatic nitrogens is 2. The number of hydrogen-bond donors (Lipinski definition) is 2. The van der Waals surface area contributed by atoms with E-state index in [1.165, 1.54) is 27.8 Å². The van der Waals surface area contributed by atoms with Gasteiger partial charge in [0.05, 0.1) is 23.8 Å². The summed E-state index contributed by atoms with van der Waals surface area (Å²) in [7, 11) is 0. The lowest BCUT2D eigenvalue weighted by Gasteiger charge is -2.26. The highest BCUT2D eigenvalue weighted by Crippen LogP contribution is 2.39. The van der Waals surface area contributed by atoms with Crippen molar-refractivity contribution in [3.63, 3.8) is 0 Å². The third-order valence-electron chi connectivity index (χ3n) is 5.77. The van der Waals surface area contributed by atoms with Crippen LogP contribution in [0.2, 0.25) is 0 Å². The molecule has 32 heavy (non-hydrogen) atoms. The number of anilines is 1. The molecule has 1 aliphatic heterocycles. The summed E-state index contributed by atoms with van der Waals surface area (Å²) in [5.41, 5.74) is 8.84. The summed E-state index contributed by atoms with van der Waals surface area (Å²) in [6.07, 6.45) is 2.88. The highest BCUT2D eigenvalue weighted by atomic mass is 32.2. The second-order valence-corrected chi connectivity index (χ2v) is 10.7. The van der Waals surface area contributed by atoms with Crippen LogP contribution in [0.4, 0.5) is 5.82 Å². The van der Waals surface area contributed by atoms with Gasteiger partial charge >= 0.3 is 0 Å². The molecule has 8 heteroatoms. The van der Waals surface area contributed by atoms with Gasteiger partial charge in [-0.2, -0.15) is 0 Å². The zero-order valence-electron chi connectivity index (χ0n) is 18.8. The second-order valence-electron chi connectivity index (χ2n) is 8.65. The second kappa shape index (κ2) is 10.2. The minimum absolute atomic E-state index is 0.0171. The molecule has 0 saturated heterocycles. The molecule has 3 aromatic rings. The van der Waals surface area contributed by atoms with Crippen molar-refractivity contribution < 1.29 is 9.53 Å². The molecule has 1 aromatic carbocycles. The van der Waals surface area contributed by atoms with Gasteiger partial charge in [0.25, 0.3) is 0 Å². The molecular formula is C24H30N4O2S2. The number of carbonyl (C=O) groups is 1. The quantitative estimate of drug-likeness (QED) is 0.369. The van der Waals surface area contributed by atoms with Crippen LogP contribution >= 0.6 is 23.1 Å². The van der Waals surface area contributed by atoms with E-state index >= 15 is 0 Å². The van der Waals surface area contributed by atoms with Gasteiger partial charge in [-0.15, -0.1) is 11.3 Å². The Bertz CT molecular complexity index is 1080. The van der Waals surface area contributed by atoms with Gasteiger partial charge < -0.3 is 15.8 Å². The summed E-state index contributed by atoms with van der Waals surface area (Å²) in [5.74, 6) is 1.20. The number of nitrogens with zero attached hydrogens (tertiary/aromatic N) is 2. The number of nitrogens with two attached hydrogens (primary N) is 1. The molecule has 0 aliphatic carbocycles. The van der Waals surface area contributed by atoms with E-state index in [4.69, 9.17) is 15.5 Å². The largest absolute Gasteiger partial charge is 0.383 e. The molecule has 1 aliphatic rings. The molecule has 0 bridgehead atoms. The fraction of sp³-hybridized carbons (Fsp3) is 0.458. The monoisotopic (exact) mass is 470 g/mol. The van der Waals surface area contributed by atoms with Crippen LogP contribution < -0.4 is 11.1 Å². The zero-order chi connectivity index (χ0) is 22.7. The molecule has 0 unspecified atom stereocenters. The van der Waals surface area contributed by atoms with E-state index in [0.717, 1.165) is 29.5 Å². The Morgan fingerprint density at radius 1 is 1.28 bits per heavy atom. The van der Waals surface area contributed by atoms with E-state index in [0.29, 0.717) is 23.5 Å². The van der Waals surface area contributed by atoms with Gasteiger partial charge in [0.15, 0.2) is 5.16 Å². The van der Waals surface area contributed by atoms with E-state index in [1.807, 2.05) is 25.1 Å². The molecule has 4 rings (SSSR count). The van der Waals surface area contributed by atoms with Crippen molar-refractivity contribution in [2.75, 3.05) is 11.5 Å². The lowest BCUT2D eigenvalue weighted by Crippen LogP contribution is -2.34. The summed E-state index contributed by atoms with van der Waals surface area (Å²) in [5, 5.41) is 4.57. The Kier molecular flexibility index (Phi) is 7.33. The average molecular weight is 471 g/mol. The highest BCUT2D eigenvalue weighted by Gasteiger charge is 2.27. The van der Waals surface area contributed by atoms with Gasteiger partial charge in [-0.1, -0.05) is 55.9 Å². The third kappa shape index (κ3) is 5.42. The lowest BCUT2D eigenvalue weighted by atomic mass is 9.96. The van der Waals surface area contributed by atoms with E-state index in [9.17, 15) is 4.79 Å². The molecule has 0 radical (unpaired) electrons. The van der Waals surface area contributed by atoms with E-state index < -0.39 is 0 Å². The van der Waals surface area contributed by atoms with Gasteiger partial charge in [0, 0.05) is 17.3 Å². The third-order valence-corrected chi connectivity index (χ3v) is 7.71. The topological polar surface area (TPSA) is 90.1 Å². The molecule has 6 nitrogen and oxygen atoms in total. The first-order valence-corrected chi connectivity index (χ1v) is 12.9. The SMILES string of the molecule is CC(C)[C@H]1Cc2c(sc3nc(SCC(=O)N[C@H](C)CCc4ccccc4)nc(N)c23)CO1. The van der Waals surface area contributed by atoms with Crippen molar-refractivity contribution in [2.45, 2.75) is 63.9 Å². The van der Waals surface area contributed by atoms with Crippen molar-refractivity contribution in [1.82, 2.24) is 15.3 Å². The van der Waals surface area contributed by atoms with Gasteiger partial charge in [-0.25, -0.2) is 9.97 Å². The number of hydrogen-bond acceptors (Lipinski definition) is 7. The molecule has 1 amide bonds. The van der Waals surface area contributed by atoms with Gasteiger partial charge in [-0.3, -0.25) is 4.79 Å². The smallest absolute Gasteiger partial charge is 0.230 e. The first-order valence-electron chi connectivity index (χ1n) is 11.1. The zero-order valence-corrected chi connectivity index (χ0v) is 20.4. The Morgan fingerprint density at radius 3 is 2.81 bits per heavy atom. The number of carbonyl (C=O) groups excluding carboxylic acids is 1. The number of amides is 1. The van der Waals surface area contributed by atoms with Crippen LogP contribution in [-0.4, -0.2) is 33.8 Å². The number of ether oxygens (including phenoxy) is 1. The van der Waals surface area contributed by atoms with Crippen LogP contribution in [-0.2, 0) is 29.0 Å². The molecule has 0 spiro atoms. The molecule has 2 aromatic heterocycles. The summed E-state index contributed by atoms with van der Waals surface area (Å²) in [4.78, 5) is 23.7. The molecule has 0 saturated carbocycles. The fourth-order valence-corrected chi connectivity index (χ4v) is 5.78. The molecular weight excluding hydrogens is 440 g/mol. The lowest BCUT2D eigenvalue weighted by molar-refractivity contribution is -0.119. The van der Waals surface area contributed by atoms with Crippen LogP contribution in [0.25, 0.3) is 10.2 Å². The van der Waals surface area contributed by atoms with Crippen LogP contribution in [0, 0.1) is 5.92 Å². The van der Waals surface area contributed by atoms with Crippen LogP contribution in [0.1, 0.15) is 43.2 Å². The first-order chi connectivity index (χ1) is 15.4. The molecule has 3 N–H and O–H groups in total. The van der Waals surface area contributed by atoms with Crippen molar-refractivity contribution in [3.8, 4) is 0 Å². The Balaban J connectivity index is 1.35. The normalized spacial score (nSPS) is 16.8. The molecule has 2 atom stereocenters. The van der Waals surface area contributed by atoms with Crippen molar-refractivity contribution in [2.24, 2.45) is 5.92 Å². The number of nitrogen functional groups attached to an aromatic ring is 1. The first kappa shape index (κ1) is 23.0. The predicted octanol–water partition coefficient (Wildman–Crippen LogP) is 4.60. The van der Waals surface area contributed by atoms with Crippen LogP contribution in [0.5, 0.6) is 0 Å². The summed E-state index contributed by atoms with van der Waals surface area (Å²) in [6, 6.07) is 10.4. The Labute approximate surface area is 197 Å². The number of fused-ring (bicyclic) bond motifs is 3. The molecule has 170 valence electrons. The van der Waals surface area contributed by atoms with E-state index in [-0.39, 0.29) is 23.8 Å². The number of benzene rings is 1. The Morgan fingerprint density at radius 2 is 2.06 bits per heavy atom. The number of thioether (sulfide) groups is 1. The minimum Gasteiger partial charge on any atom is -0.383 e. The average Bonchev–Trinajstić information content (AvgIpc) is 3.15. The predicted molar refractivity (Wildman–Crippen MR) is 132 cm³/mol. The number of nitrogens with one attached hydrogen (secondary N) is 1. The van der Waals surface area contributed by atoms with Crippen LogP contribution in [0.3, 0.4) is 0 Å². The standard InChI is InChI=1S/C24H30N4O2S2/c1-14(2)18-11-17-19(12-30-18)32-23-21(17)22(25)27-24(28-23)31-13-20(29)26-15(3)9-10-16-7-5-4-6-8-16/h4-8,14-15,18H,9-13H2,1-3H3,(H,26,29)(H2,25,27,28)/t15-,18-/m1/s1. The molecule has 0 fully saturated rings. The fourth-order valence-electron chi connectivity index (χ4n) is 3.93. The van der Waals surface area contributed by atoms with Crippen molar-refractivity contribution >= 4 is 45.0 Å². The number of aryl methyl sites for hydroxylation is 1. The van der Waals surface area contributed by atoms with Crippen molar-refractivity contribution in [1.29, 1.82) is 0 Å². The Hall–Kier alpha value is -2.16. The van der Waals surface area contributed by atoms with E-state index in [1.54, 1.807) is 11.3 Å². The maximum Gasteiger partial charge on any atom is 0.230 e. The van der Waals surface area contributed by atoms with E-state index in [2.05, 4.69) is 36.3 Å². The maximum atomic E-state index is 12.4. The van der Waals surface area contributed by atoms with Crippen molar-refractivity contribution in [3.05, 3.63) is 46.3 Å².